The van der Waals surface area contributed by atoms with Crippen LogP contribution in [-0.2, 0) is 12.2 Å². The number of nitriles is 1. The number of nitrogens with two attached hydrogens (primary N) is 1. The van der Waals surface area contributed by atoms with Crippen molar-refractivity contribution in [1.82, 2.24) is 10.2 Å². The van der Waals surface area contributed by atoms with E-state index in [4.69, 9.17) is 15.4 Å². The molecule has 2 aromatic rings. The van der Waals surface area contributed by atoms with Crippen molar-refractivity contribution < 1.29 is 4.42 Å². The highest BCUT2D eigenvalue weighted by atomic mass is 32.2. The summed E-state index contributed by atoms with van der Waals surface area (Å²) >= 11 is 2.92. The Morgan fingerprint density at radius 2 is 2.39 bits per heavy atom. The van der Waals surface area contributed by atoms with Crippen LogP contribution in [0.1, 0.15) is 30.4 Å². The van der Waals surface area contributed by atoms with Crippen LogP contribution in [0.15, 0.2) is 14.8 Å². The fourth-order valence-corrected chi connectivity index (χ4v) is 3.13. The molecule has 2 rings (SSSR count). The van der Waals surface area contributed by atoms with Gasteiger partial charge in [-0.1, -0.05) is 30.0 Å². The minimum Gasteiger partial charge on any atom is -0.450 e. The Bertz CT molecular complexity index is 570. The molecule has 94 valence electrons. The normalized spacial score (nSPS) is 10.4. The van der Waals surface area contributed by atoms with E-state index in [0.29, 0.717) is 10.9 Å². The summed E-state index contributed by atoms with van der Waals surface area (Å²) in [6, 6.07) is 3.82. The molecule has 0 atom stereocenters. The maximum Gasteiger partial charge on any atom is 0.203 e. The van der Waals surface area contributed by atoms with Gasteiger partial charge >= 0.3 is 0 Å². The SMILES string of the molecule is CCCc1oc(C#N)cc1CSc1nnc(N)s1. The first-order valence-electron chi connectivity index (χ1n) is 5.46. The van der Waals surface area contributed by atoms with Crippen molar-refractivity contribution in [2.45, 2.75) is 29.9 Å². The summed E-state index contributed by atoms with van der Waals surface area (Å²) in [5, 5.41) is 17.0. The number of furan rings is 1. The van der Waals surface area contributed by atoms with Gasteiger partial charge in [0, 0.05) is 17.7 Å². The molecule has 2 N–H and O–H groups in total. The van der Waals surface area contributed by atoms with Crippen molar-refractivity contribution in [3.63, 3.8) is 0 Å². The van der Waals surface area contributed by atoms with Crippen molar-refractivity contribution in [3.05, 3.63) is 23.2 Å². The average Bonchev–Trinajstić information content (AvgIpc) is 2.94. The number of aromatic nitrogens is 2. The van der Waals surface area contributed by atoms with Gasteiger partial charge in [-0.15, -0.1) is 10.2 Å². The summed E-state index contributed by atoms with van der Waals surface area (Å²) in [5.41, 5.74) is 6.57. The first kappa shape index (κ1) is 12.9. The zero-order valence-corrected chi connectivity index (χ0v) is 11.5. The third-order valence-corrected chi connectivity index (χ3v) is 4.19. The zero-order valence-electron chi connectivity index (χ0n) is 9.84. The predicted octanol–water partition coefficient (Wildman–Crippen LogP) is 2.83. The number of nitrogens with zero attached hydrogens (tertiary/aromatic N) is 3. The van der Waals surface area contributed by atoms with Crippen LogP contribution in [0.25, 0.3) is 0 Å². The first-order chi connectivity index (χ1) is 8.72. The Morgan fingerprint density at radius 3 is 3.00 bits per heavy atom. The number of anilines is 1. The van der Waals surface area contributed by atoms with Crippen LogP contribution < -0.4 is 5.73 Å². The van der Waals surface area contributed by atoms with Crippen LogP contribution >= 0.6 is 23.1 Å². The van der Waals surface area contributed by atoms with Gasteiger partial charge in [0.15, 0.2) is 4.34 Å². The van der Waals surface area contributed by atoms with Crippen molar-refractivity contribution in [2.75, 3.05) is 5.73 Å². The second-order valence-corrected chi connectivity index (χ2v) is 5.85. The van der Waals surface area contributed by atoms with Crippen molar-refractivity contribution in [1.29, 1.82) is 5.26 Å². The van der Waals surface area contributed by atoms with Gasteiger partial charge in [0.25, 0.3) is 0 Å². The molecule has 0 saturated heterocycles. The second kappa shape index (κ2) is 5.89. The van der Waals surface area contributed by atoms with Gasteiger partial charge in [-0.05, 0) is 12.5 Å². The van der Waals surface area contributed by atoms with E-state index < -0.39 is 0 Å². The summed E-state index contributed by atoms with van der Waals surface area (Å²) < 4.78 is 6.29. The topological polar surface area (TPSA) is 88.7 Å². The van der Waals surface area contributed by atoms with E-state index in [1.54, 1.807) is 17.8 Å². The Labute approximate surface area is 113 Å². The highest BCUT2D eigenvalue weighted by Gasteiger charge is 2.12. The molecule has 0 radical (unpaired) electrons. The summed E-state index contributed by atoms with van der Waals surface area (Å²) in [5.74, 6) is 1.97. The Hall–Kier alpha value is -1.52. The smallest absolute Gasteiger partial charge is 0.203 e. The molecule has 0 saturated carbocycles. The molecule has 0 aliphatic rings. The van der Waals surface area contributed by atoms with E-state index in [1.165, 1.54) is 11.3 Å². The lowest BCUT2D eigenvalue weighted by Crippen LogP contribution is -1.86. The molecular formula is C11H12N4OS2. The third-order valence-electron chi connectivity index (χ3n) is 2.26. The Morgan fingerprint density at radius 1 is 1.56 bits per heavy atom. The number of hydrogen-bond donors (Lipinski definition) is 1. The predicted molar refractivity (Wildman–Crippen MR) is 71.3 cm³/mol. The van der Waals surface area contributed by atoms with E-state index in [9.17, 15) is 0 Å². The highest BCUT2D eigenvalue weighted by molar-refractivity contribution is 8.00. The zero-order chi connectivity index (χ0) is 13.0. The lowest BCUT2D eigenvalue weighted by molar-refractivity contribution is 0.492. The van der Waals surface area contributed by atoms with Gasteiger partial charge in [-0.3, -0.25) is 0 Å². The molecule has 0 aliphatic heterocycles. The Balaban J connectivity index is 2.08. The standard InChI is InChI=1S/C11H12N4OS2/c1-2-3-9-7(4-8(5-12)16-9)6-17-11-15-14-10(13)18-11/h4H,2-3,6H2,1H3,(H2,13,14). The van der Waals surface area contributed by atoms with Crippen LogP contribution in [0.3, 0.4) is 0 Å². The monoisotopic (exact) mass is 280 g/mol. The highest BCUT2D eigenvalue weighted by Crippen LogP contribution is 2.29. The fourth-order valence-electron chi connectivity index (χ4n) is 1.50. The van der Waals surface area contributed by atoms with Crippen LogP contribution in [0.4, 0.5) is 5.13 Å². The van der Waals surface area contributed by atoms with Crippen LogP contribution in [0, 0.1) is 11.3 Å². The summed E-state index contributed by atoms with van der Waals surface area (Å²) in [4.78, 5) is 0. The fraction of sp³-hybridized carbons (Fsp3) is 0.364. The summed E-state index contributed by atoms with van der Waals surface area (Å²) in [7, 11) is 0. The molecule has 0 fully saturated rings. The molecule has 2 aromatic heterocycles. The summed E-state index contributed by atoms with van der Waals surface area (Å²) in [6.07, 6.45) is 1.83. The van der Waals surface area contributed by atoms with E-state index in [0.717, 1.165) is 34.3 Å². The summed E-state index contributed by atoms with van der Waals surface area (Å²) in [6.45, 7) is 2.08. The molecular weight excluding hydrogens is 268 g/mol. The number of rotatable bonds is 5. The van der Waals surface area contributed by atoms with Crippen LogP contribution in [0.2, 0.25) is 0 Å². The lowest BCUT2D eigenvalue weighted by Gasteiger charge is -1.98. The molecule has 18 heavy (non-hydrogen) atoms. The minimum atomic E-state index is 0.367. The number of hydrogen-bond acceptors (Lipinski definition) is 7. The van der Waals surface area contributed by atoms with Gasteiger partial charge in [0.05, 0.1) is 0 Å². The quantitative estimate of drug-likeness (QED) is 0.847. The molecule has 2 heterocycles. The van der Waals surface area contributed by atoms with Crippen molar-refractivity contribution >= 4 is 28.2 Å². The van der Waals surface area contributed by atoms with E-state index >= 15 is 0 Å². The molecule has 5 nitrogen and oxygen atoms in total. The maximum atomic E-state index is 8.84. The largest absolute Gasteiger partial charge is 0.450 e. The third kappa shape index (κ3) is 3.03. The molecule has 0 unspecified atom stereocenters. The number of nitrogen functional groups attached to an aromatic ring is 1. The van der Waals surface area contributed by atoms with Crippen LogP contribution in [-0.4, -0.2) is 10.2 Å². The molecule has 0 aromatic carbocycles. The van der Waals surface area contributed by atoms with Crippen molar-refractivity contribution in [3.8, 4) is 6.07 Å². The molecule has 0 bridgehead atoms. The molecule has 0 aliphatic carbocycles. The molecule has 7 heteroatoms. The average molecular weight is 280 g/mol. The number of thioether (sulfide) groups is 1. The Kier molecular flexibility index (Phi) is 4.23. The molecule has 0 spiro atoms. The van der Waals surface area contributed by atoms with E-state index in [2.05, 4.69) is 17.1 Å². The van der Waals surface area contributed by atoms with Gasteiger partial charge in [-0.2, -0.15) is 5.26 Å². The minimum absolute atomic E-state index is 0.367. The second-order valence-electron chi connectivity index (χ2n) is 3.62. The van der Waals surface area contributed by atoms with Gasteiger partial charge < -0.3 is 10.2 Å². The van der Waals surface area contributed by atoms with Crippen LogP contribution in [0.5, 0.6) is 0 Å². The molecule has 0 amide bonds. The van der Waals surface area contributed by atoms with Gasteiger partial charge in [0.2, 0.25) is 10.9 Å². The van der Waals surface area contributed by atoms with Crippen molar-refractivity contribution in [2.24, 2.45) is 0 Å². The van der Waals surface area contributed by atoms with E-state index in [-0.39, 0.29) is 0 Å². The first-order valence-corrected chi connectivity index (χ1v) is 7.26. The van der Waals surface area contributed by atoms with Gasteiger partial charge in [0.1, 0.15) is 11.8 Å². The lowest BCUT2D eigenvalue weighted by atomic mass is 10.2. The van der Waals surface area contributed by atoms with Gasteiger partial charge in [-0.25, -0.2) is 0 Å². The maximum absolute atomic E-state index is 8.84. The number of aryl methyl sites for hydroxylation is 1. The van der Waals surface area contributed by atoms with E-state index in [1.807, 2.05) is 6.07 Å².